The summed E-state index contributed by atoms with van der Waals surface area (Å²) < 4.78 is 5.59. The Kier molecular flexibility index (Phi) is 3.37. The fourth-order valence-corrected chi connectivity index (χ4v) is 2.59. The summed E-state index contributed by atoms with van der Waals surface area (Å²) in [5.41, 5.74) is 7.58. The van der Waals surface area contributed by atoms with Crippen LogP contribution in [-0.2, 0) is 11.2 Å². The summed E-state index contributed by atoms with van der Waals surface area (Å²) in [6, 6.07) is 11.4. The van der Waals surface area contributed by atoms with Gasteiger partial charge in [0.25, 0.3) is 0 Å². The van der Waals surface area contributed by atoms with E-state index in [1.165, 1.54) is 0 Å². The van der Waals surface area contributed by atoms with Gasteiger partial charge in [0.05, 0.1) is 6.61 Å². The fraction of sp³-hybridized carbons (Fsp3) is 0.250. The summed E-state index contributed by atoms with van der Waals surface area (Å²) in [6.45, 7) is 0.579. The van der Waals surface area contributed by atoms with Gasteiger partial charge in [0.1, 0.15) is 17.4 Å². The van der Waals surface area contributed by atoms with Gasteiger partial charge in [0.2, 0.25) is 0 Å². The molecule has 0 saturated carbocycles. The van der Waals surface area contributed by atoms with Gasteiger partial charge in [-0.25, -0.2) is 4.98 Å². The number of carbonyl (C=O) groups is 1. The molecule has 1 atom stereocenters. The molecule has 3 rings (SSSR count). The highest BCUT2D eigenvalue weighted by molar-refractivity contribution is 5.89. The lowest BCUT2D eigenvalue weighted by Crippen LogP contribution is -2.23. The number of pyridine rings is 1. The minimum atomic E-state index is -0.112. The van der Waals surface area contributed by atoms with E-state index < -0.39 is 0 Å². The van der Waals surface area contributed by atoms with Crippen LogP contribution in [0.3, 0.4) is 0 Å². The molecule has 1 aromatic carbocycles. The van der Waals surface area contributed by atoms with Crippen LogP contribution in [0.5, 0.6) is 5.75 Å². The lowest BCUT2D eigenvalue weighted by molar-refractivity contribution is -0.120. The normalized spacial score (nSPS) is 17.1. The number of fused-ring (bicyclic) bond motifs is 1. The van der Waals surface area contributed by atoms with Gasteiger partial charge in [0, 0.05) is 29.7 Å². The van der Waals surface area contributed by atoms with E-state index in [1.807, 2.05) is 30.3 Å². The zero-order chi connectivity index (χ0) is 13.9. The van der Waals surface area contributed by atoms with E-state index in [0.717, 1.165) is 23.3 Å². The van der Waals surface area contributed by atoms with Crippen molar-refractivity contribution in [1.82, 2.24) is 4.98 Å². The SMILES string of the molecule is Nc1ncccc1CC(=O)C1CCOc2ccccc21. The highest BCUT2D eigenvalue weighted by Gasteiger charge is 2.27. The van der Waals surface area contributed by atoms with E-state index in [0.29, 0.717) is 18.8 Å². The molecule has 2 aromatic rings. The van der Waals surface area contributed by atoms with Crippen molar-refractivity contribution in [3.05, 3.63) is 53.7 Å². The number of benzene rings is 1. The number of Topliss-reactive ketones (excluding diaryl/α,β-unsaturated/α-hetero) is 1. The number of nitrogen functional groups attached to an aromatic ring is 1. The van der Waals surface area contributed by atoms with Gasteiger partial charge >= 0.3 is 0 Å². The second-order valence-electron chi connectivity index (χ2n) is 4.92. The number of carbonyl (C=O) groups excluding carboxylic acids is 1. The summed E-state index contributed by atoms with van der Waals surface area (Å²) in [6.07, 6.45) is 2.67. The Morgan fingerprint density at radius 2 is 2.15 bits per heavy atom. The van der Waals surface area contributed by atoms with Crippen LogP contribution in [0.4, 0.5) is 5.82 Å². The lowest BCUT2D eigenvalue weighted by Gasteiger charge is -2.25. The number of nitrogens with zero attached hydrogens (tertiary/aromatic N) is 1. The van der Waals surface area contributed by atoms with Crippen molar-refractivity contribution in [2.75, 3.05) is 12.3 Å². The number of nitrogens with two attached hydrogens (primary N) is 1. The Morgan fingerprint density at radius 3 is 3.00 bits per heavy atom. The molecule has 1 aliphatic heterocycles. The van der Waals surface area contributed by atoms with Crippen LogP contribution in [0.25, 0.3) is 0 Å². The van der Waals surface area contributed by atoms with Crippen LogP contribution >= 0.6 is 0 Å². The lowest BCUT2D eigenvalue weighted by atomic mass is 9.87. The number of hydrogen-bond acceptors (Lipinski definition) is 4. The molecule has 1 aromatic heterocycles. The number of rotatable bonds is 3. The second-order valence-corrected chi connectivity index (χ2v) is 4.92. The van der Waals surface area contributed by atoms with Gasteiger partial charge in [0.15, 0.2) is 0 Å². The van der Waals surface area contributed by atoms with E-state index in [1.54, 1.807) is 12.3 Å². The number of ketones is 1. The number of hydrogen-bond donors (Lipinski definition) is 1. The van der Waals surface area contributed by atoms with Gasteiger partial charge in [-0.05, 0) is 18.6 Å². The maximum atomic E-state index is 12.5. The third-order valence-electron chi connectivity index (χ3n) is 3.64. The monoisotopic (exact) mass is 268 g/mol. The minimum absolute atomic E-state index is 0.112. The standard InChI is InChI=1S/C16H16N2O2/c17-16-11(4-3-8-18-16)10-14(19)12-7-9-20-15-6-2-1-5-13(12)15/h1-6,8,12H,7,9-10H2,(H2,17,18). The molecular formula is C16H16N2O2. The van der Waals surface area contributed by atoms with Crippen LogP contribution in [0.15, 0.2) is 42.6 Å². The Hall–Kier alpha value is -2.36. The zero-order valence-electron chi connectivity index (χ0n) is 11.1. The average molecular weight is 268 g/mol. The summed E-state index contributed by atoms with van der Waals surface area (Å²) in [5, 5.41) is 0. The van der Waals surface area contributed by atoms with Crippen molar-refractivity contribution in [3.8, 4) is 5.75 Å². The first-order valence-electron chi connectivity index (χ1n) is 6.69. The molecule has 20 heavy (non-hydrogen) atoms. The molecular weight excluding hydrogens is 252 g/mol. The Labute approximate surface area is 117 Å². The van der Waals surface area contributed by atoms with Gasteiger partial charge in [-0.15, -0.1) is 0 Å². The first-order valence-corrected chi connectivity index (χ1v) is 6.69. The fourth-order valence-electron chi connectivity index (χ4n) is 2.59. The maximum Gasteiger partial charge on any atom is 0.145 e. The van der Waals surface area contributed by atoms with Crippen molar-refractivity contribution >= 4 is 11.6 Å². The summed E-state index contributed by atoms with van der Waals surface area (Å²) >= 11 is 0. The molecule has 102 valence electrons. The number of aromatic nitrogens is 1. The van der Waals surface area contributed by atoms with Gasteiger partial charge in [-0.1, -0.05) is 24.3 Å². The molecule has 0 aliphatic carbocycles. The van der Waals surface area contributed by atoms with Crippen LogP contribution in [0, 0.1) is 0 Å². The molecule has 0 radical (unpaired) electrons. The molecule has 2 N–H and O–H groups in total. The molecule has 0 fully saturated rings. The zero-order valence-corrected chi connectivity index (χ0v) is 11.1. The number of para-hydroxylation sites is 1. The Balaban J connectivity index is 1.84. The van der Waals surface area contributed by atoms with Crippen LogP contribution in [-0.4, -0.2) is 17.4 Å². The van der Waals surface area contributed by atoms with Crippen molar-refractivity contribution in [2.45, 2.75) is 18.8 Å². The average Bonchev–Trinajstić information content (AvgIpc) is 2.49. The van der Waals surface area contributed by atoms with Crippen LogP contribution in [0.2, 0.25) is 0 Å². The summed E-state index contributed by atoms with van der Waals surface area (Å²) in [5.74, 6) is 1.30. The first kappa shape index (κ1) is 12.7. The third kappa shape index (κ3) is 2.37. The van der Waals surface area contributed by atoms with E-state index in [-0.39, 0.29) is 11.7 Å². The molecule has 0 spiro atoms. The van der Waals surface area contributed by atoms with E-state index in [4.69, 9.17) is 10.5 Å². The molecule has 2 heterocycles. The van der Waals surface area contributed by atoms with Crippen molar-refractivity contribution in [3.63, 3.8) is 0 Å². The Bertz CT molecular complexity index is 640. The summed E-state index contributed by atoms with van der Waals surface area (Å²) in [7, 11) is 0. The predicted molar refractivity (Wildman–Crippen MR) is 76.7 cm³/mol. The summed E-state index contributed by atoms with van der Waals surface area (Å²) in [4.78, 5) is 16.6. The maximum absolute atomic E-state index is 12.5. The van der Waals surface area contributed by atoms with E-state index in [9.17, 15) is 4.79 Å². The van der Waals surface area contributed by atoms with Crippen molar-refractivity contribution < 1.29 is 9.53 Å². The molecule has 0 bridgehead atoms. The molecule has 0 saturated heterocycles. The second kappa shape index (κ2) is 5.33. The molecule has 1 aliphatic rings. The van der Waals surface area contributed by atoms with Gasteiger partial charge in [-0.3, -0.25) is 4.79 Å². The van der Waals surface area contributed by atoms with Crippen LogP contribution in [0.1, 0.15) is 23.5 Å². The number of anilines is 1. The smallest absolute Gasteiger partial charge is 0.145 e. The largest absolute Gasteiger partial charge is 0.493 e. The number of ether oxygens (including phenoxy) is 1. The molecule has 4 nitrogen and oxygen atoms in total. The molecule has 1 unspecified atom stereocenters. The van der Waals surface area contributed by atoms with Crippen molar-refractivity contribution in [2.24, 2.45) is 0 Å². The van der Waals surface area contributed by atoms with E-state index >= 15 is 0 Å². The predicted octanol–water partition coefficient (Wildman–Crippen LogP) is 2.34. The third-order valence-corrected chi connectivity index (χ3v) is 3.64. The van der Waals surface area contributed by atoms with Crippen LogP contribution < -0.4 is 10.5 Å². The first-order chi connectivity index (χ1) is 9.75. The van der Waals surface area contributed by atoms with Gasteiger partial charge < -0.3 is 10.5 Å². The van der Waals surface area contributed by atoms with E-state index in [2.05, 4.69) is 4.98 Å². The Morgan fingerprint density at radius 1 is 1.30 bits per heavy atom. The highest BCUT2D eigenvalue weighted by atomic mass is 16.5. The molecule has 4 heteroatoms. The van der Waals surface area contributed by atoms with Gasteiger partial charge in [-0.2, -0.15) is 0 Å². The highest BCUT2D eigenvalue weighted by Crippen LogP contribution is 2.34. The molecule has 0 amide bonds. The minimum Gasteiger partial charge on any atom is -0.493 e. The van der Waals surface area contributed by atoms with Crippen molar-refractivity contribution in [1.29, 1.82) is 0 Å². The quantitative estimate of drug-likeness (QED) is 0.928. The topological polar surface area (TPSA) is 65.2 Å².